The third kappa shape index (κ3) is 9.81. The van der Waals surface area contributed by atoms with E-state index in [1.54, 1.807) is 30.3 Å². The molecule has 5 rings (SSSR count). The number of hydrogen-bond acceptors (Lipinski definition) is 9. The second-order valence-corrected chi connectivity index (χ2v) is 18.5. The Hall–Kier alpha value is -5.47. The quantitative estimate of drug-likeness (QED) is 0.0298. The second kappa shape index (κ2) is 18.3. The molecule has 0 spiro atoms. The Labute approximate surface area is 358 Å². The highest BCUT2D eigenvalue weighted by molar-refractivity contribution is 7.97. The molecule has 0 radical (unpaired) electrons. The standard InChI is InChI=1S/C30H13F10O6S3.C4HF9O3S/c31-19-21(33)25(37)29(26(38)22(19)34)48(41,42)45-14-6-10-17(11-7-14)47(16-4-2-1-3-5-16)18-12-8-15(9-13-18)46-49(43,44)30-27(39)23(35)20(32)24(36)28(30)40;5-1(6,3(9,10)11)2(7,8)4(12,13)17(14,15)16/h1-13H;(H,14,15,16)/q+1;/p-1. The van der Waals surface area contributed by atoms with E-state index in [4.69, 9.17) is 0 Å². The van der Waals surface area contributed by atoms with Gasteiger partial charge in [0.05, 0.1) is 10.9 Å². The summed E-state index contributed by atoms with van der Waals surface area (Å²) >= 11 is 0. The normalized spacial score (nSPS) is 13.0. The van der Waals surface area contributed by atoms with Crippen molar-refractivity contribution in [2.24, 2.45) is 0 Å². The number of hydrogen-bond donors (Lipinski definition) is 0. The zero-order valence-electron chi connectivity index (χ0n) is 30.5. The van der Waals surface area contributed by atoms with Gasteiger partial charge in [-0.2, -0.15) is 56.3 Å². The lowest BCUT2D eigenvalue weighted by Gasteiger charge is -2.34. The van der Waals surface area contributed by atoms with Crippen molar-refractivity contribution in [1.82, 2.24) is 0 Å². The van der Waals surface area contributed by atoms with E-state index in [0.29, 0.717) is 14.7 Å². The summed E-state index contributed by atoms with van der Waals surface area (Å²) in [5, 5.41) is -7.11. The first kappa shape index (κ1) is 53.1. The highest BCUT2D eigenvalue weighted by Crippen LogP contribution is 2.54. The number of halogens is 19. The van der Waals surface area contributed by atoms with Gasteiger partial charge in [-0.15, -0.1) is 0 Å². The predicted molar refractivity (Wildman–Crippen MR) is 180 cm³/mol. The minimum Gasteiger partial charge on any atom is -0.743 e. The second-order valence-electron chi connectivity index (χ2n) is 12.1. The van der Waals surface area contributed by atoms with Crippen LogP contribution >= 0.6 is 0 Å². The van der Waals surface area contributed by atoms with E-state index >= 15 is 0 Å². The van der Waals surface area contributed by atoms with Gasteiger partial charge in [0.2, 0.25) is 11.6 Å². The summed E-state index contributed by atoms with van der Waals surface area (Å²) in [4.78, 5) is -3.01. The van der Waals surface area contributed by atoms with Gasteiger partial charge in [-0.3, -0.25) is 0 Å². The molecule has 0 aliphatic carbocycles. The number of benzene rings is 5. The topological polar surface area (TPSA) is 144 Å². The molecule has 66 heavy (non-hydrogen) atoms. The van der Waals surface area contributed by atoms with Crippen LogP contribution in [0.15, 0.2) is 103 Å². The molecule has 0 aromatic heterocycles. The van der Waals surface area contributed by atoms with Crippen molar-refractivity contribution >= 4 is 41.2 Å². The van der Waals surface area contributed by atoms with Crippen molar-refractivity contribution in [2.75, 3.05) is 0 Å². The van der Waals surface area contributed by atoms with E-state index in [9.17, 15) is 113 Å². The Morgan fingerprint density at radius 1 is 0.394 bits per heavy atom. The summed E-state index contributed by atoms with van der Waals surface area (Å²) in [6, 6.07) is 17.5. The van der Waals surface area contributed by atoms with Gasteiger partial charge in [0.1, 0.15) is 11.5 Å². The number of alkyl halides is 9. The molecule has 0 unspecified atom stereocenters. The molecule has 0 aliphatic rings. The third-order valence-corrected chi connectivity index (χ3v) is 13.4. The van der Waals surface area contributed by atoms with E-state index in [2.05, 4.69) is 8.37 Å². The summed E-state index contributed by atoms with van der Waals surface area (Å²) in [7, 11) is -19.7. The summed E-state index contributed by atoms with van der Waals surface area (Å²) in [6.07, 6.45) is -7.16. The van der Waals surface area contributed by atoms with Crippen molar-refractivity contribution in [1.29, 1.82) is 0 Å². The van der Waals surface area contributed by atoms with Crippen LogP contribution < -0.4 is 8.37 Å². The fourth-order valence-corrected chi connectivity index (χ4v) is 9.33. The highest BCUT2D eigenvalue weighted by Gasteiger charge is 2.83. The van der Waals surface area contributed by atoms with Gasteiger partial charge >= 0.3 is 43.5 Å². The molecule has 9 nitrogen and oxygen atoms in total. The van der Waals surface area contributed by atoms with Crippen molar-refractivity contribution < 1.29 is 122 Å². The molecular formula is C34H13F19O9S4. The molecule has 5 aromatic carbocycles. The van der Waals surface area contributed by atoms with Gasteiger partial charge in [-0.25, -0.2) is 52.3 Å². The maximum atomic E-state index is 14.1. The third-order valence-electron chi connectivity index (χ3n) is 7.78. The molecule has 0 fully saturated rings. The van der Waals surface area contributed by atoms with Crippen molar-refractivity contribution in [3.05, 3.63) is 137 Å². The summed E-state index contributed by atoms with van der Waals surface area (Å²) in [5.41, 5.74) is 0. The Morgan fingerprint density at radius 3 is 0.939 bits per heavy atom. The molecule has 0 saturated heterocycles. The van der Waals surface area contributed by atoms with Crippen LogP contribution in [0.1, 0.15) is 0 Å². The Bertz CT molecular complexity index is 2790. The molecule has 0 heterocycles. The minimum atomic E-state index is -7.43. The largest absolute Gasteiger partial charge is 0.743 e. The highest BCUT2D eigenvalue weighted by atomic mass is 32.2. The molecule has 0 bridgehead atoms. The fraction of sp³-hybridized carbons (Fsp3) is 0.118. The minimum absolute atomic E-state index is 0.398. The van der Waals surface area contributed by atoms with Crippen LogP contribution in [0.5, 0.6) is 11.5 Å². The summed E-state index contributed by atoms with van der Waals surface area (Å²) in [5.74, 6) is -41.7. The van der Waals surface area contributed by atoms with Gasteiger partial charge in [0.25, 0.3) is 0 Å². The smallest absolute Gasteiger partial charge is 0.460 e. The average Bonchev–Trinajstić information content (AvgIpc) is 3.21. The van der Waals surface area contributed by atoms with Crippen LogP contribution in [0.2, 0.25) is 0 Å². The van der Waals surface area contributed by atoms with Crippen LogP contribution in [0.3, 0.4) is 0 Å². The summed E-state index contributed by atoms with van der Waals surface area (Å²) in [6.45, 7) is 0. The number of rotatable bonds is 12. The first-order valence-corrected chi connectivity index (χ1v) is 21.5. The zero-order valence-corrected chi connectivity index (χ0v) is 33.8. The van der Waals surface area contributed by atoms with E-state index in [0.717, 1.165) is 24.3 Å². The van der Waals surface area contributed by atoms with Gasteiger partial charge in [0, 0.05) is 0 Å². The molecule has 0 aliphatic heterocycles. The molecule has 0 atom stereocenters. The lowest BCUT2D eigenvalue weighted by atomic mass is 10.1. The molecule has 360 valence electrons. The first-order chi connectivity index (χ1) is 30.0. The first-order valence-electron chi connectivity index (χ1n) is 16.0. The van der Waals surface area contributed by atoms with Crippen molar-refractivity contribution in [2.45, 2.75) is 47.8 Å². The molecule has 0 saturated carbocycles. The van der Waals surface area contributed by atoms with Crippen molar-refractivity contribution in [3.63, 3.8) is 0 Å². The SMILES string of the molecule is O=S(=O)(Oc1ccc([S+](c2ccccc2)c2ccc(OS(=O)(=O)c3c(F)c(F)c(F)c(F)c3F)cc2)cc1)c1c(F)c(F)c(F)c(F)c1F.O=S(=O)([O-])C(F)(F)C(F)(F)C(F)(F)C(F)(F)F. The Kier molecular flexibility index (Phi) is 14.7. The maximum Gasteiger partial charge on any atom is 0.460 e. The molecule has 0 amide bonds. The van der Waals surface area contributed by atoms with E-state index < -0.39 is 144 Å². The van der Waals surface area contributed by atoms with E-state index in [1.807, 2.05) is 0 Å². The fourth-order valence-electron chi connectivity index (χ4n) is 4.69. The van der Waals surface area contributed by atoms with Crippen LogP contribution in [0, 0.1) is 58.2 Å². The van der Waals surface area contributed by atoms with Crippen LogP contribution in [-0.4, -0.2) is 53.1 Å². The van der Waals surface area contributed by atoms with Crippen LogP contribution in [0.4, 0.5) is 83.4 Å². The molecule has 5 aromatic rings. The van der Waals surface area contributed by atoms with Gasteiger partial charge in [0.15, 0.2) is 81.1 Å². The van der Waals surface area contributed by atoms with Gasteiger partial charge in [-0.1, -0.05) is 18.2 Å². The van der Waals surface area contributed by atoms with Crippen molar-refractivity contribution in [3.8, 4) is 11.5 Å². The average molecular weight is 1050 g/mol. The Balaban J connectivity index is 0.000000475. The molecular weight excluding hydrogens is 1040 g/mol. The van der Waals surface area contributed by atoms with E-state index in [1.165, 1.54) is 24.3 Å². The lowest BCUT2D eigenvalue weighted by molar-refractivity contribution is -0.382. The van der Waals surface area contributed by atoms with Gasteiger partial charge < -0.3 is 12.9 Å². The zero-order chi connectivity index (χ0) is 50.5. The monoisotopic (exact) mass is 1050 g/mol. The lowest BCUT2D eigenvalue weighted by Crippen LogP contribution is -2.63. The molecule has 0 N–H and O–H groups in total. The predicted octanol–water partition coefficient (Wildman–Crippen LogP) is 9.67. The van der Waals surface area contributed by atoms with E-state index in [-0.39, 0.29) is 0 Å². The Morgan fingerprint density at radius 2 is 0.667 bits per heavy atom. The molecule has 32 heteroatoms. The summed E-state index contributed by atoms with van der Waals surface area (Å²) < 4.78 is 333. The van der Waals surface area contributed by atoms with Crippen LogP contribution in [-0.2, 0) is 41.2 Å². The maximum absolute atomic E-state index is 14.1. The van der Waals surface area contributed by atoms with Gasteiger partial charge in [-0.05, 0) is 60.7 Å². The van der Waals surface area contributed by atoms with Crippen LogP contribution in [0.25, 0.3) is 0 Å².